The zero-order valence-corrected chi connectivity index (χ0v) is 11.6. The topological polar surface area (TPSA) is 28.7 Å². The number of fused-ring (bicyclic) bond motifs is 4. The van der Waals surface area contributed by atoms with Gasteiger partial charge in [-0.05, 0) is 36.1 Å². The molecule has 1 N–H and O–H groups in total. The lowest BCUT2D eigenvalue weighted by Crippen LogP contribution is -2.08. The van der Waals surface area contributed by atoms with E-state index in [0.717, 1.165) is 27.4 Å². The van der Waals surface area contributed by atoms with Crippen molar-refractivity contribution in [2.24, 2.45) is 0 Å². The summed E-state index contributed by atoms with van der Waals surface area (Å²) in [5, 5.41) is 2.38. The molecule has 2 heterocycles. The molecule has 2 aromatic carbocycles. The highest BCUT2D eigenvalue weighted by atomic mass is 19.4. The summed E-state index contributed by atoms with van der Waals surface area (Å²) in [6.45, 7) is 1.82. The van der Waals surface area contributed by atoms with Crippen molar-refractivity contribution in [2.45, 2.75) is 13.1 Å². The minimum atomic E-state index is -4.42. The first kappa shape index (κ1) is 13.1. The van der Waals surface area contributed by atoms with Gasteiger partial charge in [0.15, 0.2) is 0 Å². The van der Waals surface area contributed by atoms with Gasteiger partial charge >= 0.3 is 6.18 Å². The van der Waals surface area contributed by atoms with E-state index in [1.165, 1.54) is 6.20 Å². The van der Waals surface area contributed by atoms with Crippen LogP contribution in [0.5, 0.6) is 0 Å². The molecule has 2 nitrogen and oxygen atoms in total. The second-order valence-corrected chi connectivity index (χ2v) is 5.34. The van der Waals surface area contributed by atoms with E-state index in [1.807, 2.05) is 31.2 Å². The fourth-order valence-electron chi connectivity index (χ4n) is 3.03. The Morgan fingerprint density at radius 2 is 1.73 bits per heavy atom. The summed E-state index contributed by atoms with van der Waals surface area (Å²) in [4.78, 5) is 6.90. The van der Waals surface area contributed by atoms with Crippen LogP contribution in [0.3, 0.4) is 0 Å². The number of benzene rings is 2. The third-order valence-corrected chi connectivity index (χ3v) is 4.05. The zero-order chi connectivity index (χ0) is 15.5. The number of alkyl halides is 3. The Hall–Kier alpha value is -2.56. The fourth-order valence-corrected chi connectivity index (χ4v) is 3.03. The van der Waals surface area contributed by atoms with E-state index >= 15 is 0 Å². The van der Waals surface area contributed by atoms with Crippen LogP contribution < -0.4 is 0 Å². The third kappa shape index (κ3) is 1.71. The number of H-pyrrole nitrogens is 1. The van der Waals surface area contributed by atoms with Crippen LogP contribution in [0.4, 0.5) is 13.2 Å². The highest BCUT2D eigenvalue weighted by Crippen LogP contribution is 2.38. The maximum atomic E-state index is 13.2. The predicted molar refractivity (Wildman–Crippen MR) is 80.8 cm³/mol. The molecule has 0 aliphatic carbocycles. The molecular weight excluding hydrogens is 289 g/mol. The van der Waals surface area contributed by atoms with Crippen molar-refractivity contribution in [1.29, 1.82) is 0 Å². The molecule has 22 heavy (non-hydrogen) atoms. The number of nitrogens with zero attached hydrogens (tertiary/aromatic N) is 1. The van der Waals surface area contributed by atoms with Crippen LogP contribution in [-0.2, 0) is 6.18 Å². The van der Waals surface area contributed by atoms with Crippen molar-refractivity contribution in [3.05, 3.63) is 53.9 Å². The quantitative estimate of drug-likeness (QED) is 0.475. The monoisotopic (exact) mass is 300 g/mol. The molecule has 2 aromatic heterocycles. The van der Waals surface area contributed by atoms with E-state index in [2.05, 4.69) is 9.97 Å². The van der Waals surface area contributed by atoms with Crippen LogP contribution >= 0.6 is 0 Å². The number of para-hydroxylation sites is 1. The molecule has 0 aliphatic rings. The Kier molecular flexibility index (Phi) is 2.52. The Bertz CT molecular complexity index is 1030. The minimum Gasteiger partial charge on any atom is -0.357 e. The van der Waals surface area contributed by atoms with E-state index in [4.69, 9.17) is 0 Å². The lowest BCUT2D eigenvalue weighted by Gasteiger charge is -2.12. The number of nitrogens with one attached hydrogen (secondary N) is 1. The number of hydrogen-bond donors (Lipinski definition) is 1. The van der Waals surface area contributed by atoms with Crippen molar-refractivity contribution in [2.75, 3.05) is 0 Å². The molecule has 0 fully saturated rings. The fraction of sp³-hybridized carbons (Fsp3) is 0.118. The average molecular weight is 300 g/mol. The molecule has 5 heteroatoms. The third-order valence-electron chi connectivity index (χ3n) is 4.05. The molecule has 0 atom stereocenters. The molecule has 4 rings (SSSR count). The van der Waals surface area contributed by atoms with Gasteiger partial charge in [-0.1, -0.05) is 18.2 Å². The van der Waals surface area contributed by atoms with E-state index in [9.17, 15) is 13.2 Å². The first-order valence-corrected chi connectivity index (χ1v) is 6.83. The standard InChI is InChI=1S/C17H11F3N2/c1-9-10-6-7-21-16(17(18,19)20)13(10)8-12-11-4-2-3-5-14(11)22-15(9)12/h2-8,21H,1H3. The Morgan fingerprint density at radius 1 is 0.955 bits per heavy atom. The largest absolute Gasteiger partial charge is 0.431 e. The summed E-state index contributed by atoms with van der Waals surface area (Å²) in [5.74, 6) is 0. The SMILES string of the molecule is Cc1c2cc[nH]c(C(F)(F)F)c2cc2c1nc1ccccc12. The number of rotatable bonds is 0. The van der Waals surface area contributed by atoms with E-state index in [1.54, 1.807) is 12.1 Å². The molecule has 0 saturated heterocycles. The summed E-state index contributed by atoms with van der Waals surface area (Å²) in [6.07, 6.45) is -3.10. The summed E-state index contributed by atoms with van der Waals surface area (Å²) >= 11 is 0. The van der Waals surface area contributed by atoms with Crippen LogP contribution in [0.15, 0.2) is 42.6 Å². The molecular formula is C17H11F3N2. The highest BCUT2D eigenvalue weighted by molar-refractivity contribution is 6.14. The number of aromatic nitrogens is 2. The highest BCUT2D eigenvalue weighted by Gasteiger charge is 2.34. The van der Waals surface area contributed by atoms with E-state index in [-0.39, 0.29) is 5.39 Å². The Labute approximate surface area is 123 Å². The van der Waals surface area contributed by atoms with Gasteiger partial charge < -0.3 is 4.98 Å². The molecule has 0 unspecified atom stereocenters. The molecule has 0 amide bonds. The number of pyridine rings is 1. The number of aryl methyl sites for hydroxylation is 1. The molecule has 0 aliphatic heterocycles. The van der Waals surface area contributed by atoms with Crippen LogP contribution in [0, 0.1) is 6.92 Å². The van der Waals surface area contributed by atoms with Crippen LogP contribution in [0.1, 0.15) is 11.3 Å². The van der Waals surface area contributed by atoms with E-state index in [0.29, 0.717) is 5.39 Å². The lowest BCUT2D eigenvalue weighted by atomic mass is 10.0. The zero-order valence-electron chi connectivity index (χ0n) is 11.6. The van der Waals surface area contributed by atoms with Gasteiger partial charge in [-0.3, -0.25) is 0 Å². The lowest BCUT2D eigenvalue weighted by molar-refractivity contribution is -0.139. The van der Waals surface area contributed by atoms with Crippen LogP contribution in [0.25, 0.3) is 32.6 Å². The van der Waals surface area contributed by atoms with Gasteiger partial charge in [-0.25, -0.2) is 4.98 Å². The maximum absolute atomic E-state index is 13.2. The van der Waals surface area contributed by atoms with Crippen molar-refractivity contribution < 1.29 is 13.2 Å². The smallest absolute Gasteiger partial charge is 0.357 e. The van der Waals surface area contributed by atoms with Crippen LogP contribution in [-0.4, -0.2) is 9.97 Å². The summed E-state index contributed by atoms with van der Waals surface area (Å²) < 4.78 is 39.7. The van der Waals surface area contributed by atoms with Gasteiger partial charge in [0, 0.05) is 22.4 Å². The van der Waals surface area contributed by atoms with Gasteiger partial charge in [0.2, 0.25) is 0 Å². The van der Waals surface area contributed by atoms with Gasteiger partial charge in [0.25, 0.3) is 0 Å². The van der Waals surface area contributed by atoms with Gasteiger partial charge in [0.1, 0.15) is 5.69 Å². The summed E-state index contributed by atoms with van der Waals surface area (Å²) in [6, 6.07) is 10.8. The van der Waals surface area contributed by atoms with Crippen molar-refractivity contribution in [3.63, 3.8) is 0 Å². The first-order chi connectivity index (χ1) is 10.5. The second kappa shape index (κ2) is 4.22. The van der Waals surface area contributed by atoms with E-state index < -0.39 is 11.9 Å². The maximum Gasteiger partial charge on any atom is 0.431 e. The molecule has 0 spiro atoms. The van der Waals surface area contributed by atoms with Crippen molar-refractivity contribution >= 4 is 32.6 Å². The summed E-state index contributed by atoms with van der Waals surface area (Å²) in [5.41, 5.74) is 1.60. The normalized spacial score (nSPS) is 12.5. The number of hydrogen-bond acceptors (Lipinski definition) is 1. The van der Waals surface area contributed by atoms with Gasteiger partial charge in [-0.2, -0.15) is 13.2 Å². The number of aromatic amines is 1. The van der Waals surface area contributed by atoms with Crippen molar-refractivity contribution in [1.82, 2.24) is 9.97 Å². The van der Waals surface area contributed by atoms with Crippen molar-refractivity contribution in [3.8, 4) is 0 Å². The Morgan fingerprint density at radius 3 is 2.50 bits per heavy atom. The predicted octanol–water partition coefficient (Wildman–Crippen LogP) is 5.20. The minimum absolute atomic E-state index is 0.179. The molecule has 0 bridgehead atoms. The average Bonchev–Trinajstić information content (AvgIpc) is 2.85. The molecule has 110 valence electrons. The first-order valence-electron chi connectivity index (χ1n) is 6.83. The Balaban J connectivity index is 2.25. The molecule has 4 aromatic rings. The second-order valence-electron chi connectivity index (χ2n) is 5.34. The molecule has 0 radical (unpaired) electrons. The molecule has 0 saturated carbocycles. The van der Waals surface area contributed by atoms with Crippen LogP contribution in [0.2, 0.25) is 0 Å². The number of halogens is 3. The van der Waals surface area contributed by atoms with Gasteiger partial charge in [0.05, 0.1) is 11.0 Å². The summed E-state index contributed by atoms with van der Waals surface area (Å²) in [7, 11) is 0. The van der Waals surface area contributed by atoms with Gasteiger partial charge in [-0.15, -0.1) is 0 Å².